The Hall–Kier alpha value is -2.31. The monoisotopic (exact) mass is 349 g/mol. The second kappa shape index (κ2) is 6.78. The molecule has 0 radical (unpaired) electrons. The third-order valence-electron chi connectivity index (χ3n) is 5.34. The first-order chi connectivity index (χ1) is 12.3. The molecule has 3 nitrogen and oxygen atoms in total. The lowest BCUT2D eigenvalue weighted by Crippen LogP contribution is -2.50. The molecule has 3 heteroatoms. The van der Waals surface area contributed by atoms with Crippen LogP contribution in [0.3, 0.4) is 0 Å². The predicted molar refractivity (Wildman–Crippen MR) is 103 cm³/mol. The molecule has 1 fully saturated rings. The second-order valence-corrected chi connectivity index (χ2v) is 8.23. The van der Waals surface area contributed by atoms with E-state index in [0.717, 1.165) is 12.2 Å². The third-order valence-corrected chi connectivity index (χ3v) is 5.34. The Balaban J connectivity index is 2.13. The van der Waals surface area contributed by atoms with Gasteiger partial charge in [-0.1, -0.05) is 30.3 Å². The Morgan fingerprint density at radius 3 is 2.31 bits per heavy atom. The van der Waals surface area contributed by atoms with Crippen LogP contribution in [0.4, 0.5) is 0 Å². The molecule has 136 valence electrons. The van der Waals surface area contributed by atoms with Crippen molar-refractivity contribution in [2.24, 2.45) is 0 Å². The summed E-state index contributed by atoms with van der Waals surface area (Å²) in [6.45, 7) is 8.65. The summed E-state index contributed by atoms with van der Waals surface area (Å²) >= 11 is 0. The standard InChI is InChI=1S/C23H27NO2/c1-22(2)14-19(17-12-10-16(15-24)11-13-17)21(23(3,4)26-22)18-8-6-7-9-20(18)25-5/h6-13,19,21H,14H2,1-5H3. The summed E-state index contributed by atoms with van der Waals surface area (Å²) in [6, 6.07) is 18.4. The van der Waals surface area contributed by atoms with Gasteiger partial charge in [0, 0.05) is 11.5 Å². The molecule has 1 heterocycles. The average Bonchev–Trinajstić information content (AvgIpc) is 2.59. The number of methoxy groups -OCH3 is 1. The fraction of sp³-hybridized carbons (Fsp3) is 0.435. The molecule has 0 amide bonds. The topological polar surface area (TPSA) is 42.2 Å². The van der Waals surface area contributed by atoms with Crippen LogP contribution in [0, 0.1) is 11.3 Å². The first-order valence-electron chi connectivity index (χ1n) is 9.10. The van der Waals surface area contributed by atoms with Crippen LogP contribution in [-0.4, -0.2) is 18.3 Å². The second-order valence-electron chi connectivity index (χ2n) is 8.23. The van der Waals surface area contributed by atoms with Gasteiger partial charge in [-0.2, -0.15) is 5.26 Å². The summed E-state index contributed by atoms with van der Waals surface area (Å²) in [5.74, 6) is 1.32. The van der Waals surface area contributed by atoms with Gasteiger partial charge in [-0.3, -0.25) is 0 Å². The van der Waals surface area contributed by atoms with Crippen molar-refractivity contribution >= 4 is 0 Å². The van der Waals surface area contributed by atoms with Crippen LogP contribution >= 0.6 is 0 Å². The van der Waals surface area contributed by atoms with Crippen LogP contribution in [0.1, 0.15) is 62.6 Å². The van der Waals surface area contributed by atoms with E-state index in [-0.39, 0.29) is 23.0 Å². The van der Waals surface area contributed by atoms with Crippen LogP contribution in [0.25, 0.3) is 0 Å². The van der Waals surface area contributed by atoms with E-state index in [1.165, 1.54) is 11.1 Å². The Kier molecular flexibility index (Phi) is 4.82. The summed E-state index contributed by atoms with van der Waals surface area (Å²) in [7, 11) is 1.72. The zero-order chi connectivity index (χ0) is 18.9. The minimum atomic E-state index is -0.352. The number of nitrogens with zero attached hydrogens (tertiary/aromatic N) is 1. The number of hydrogen-bond acceptors (Lipinski definition) is 3. The van der Waals surface area contributed by atoms with Crippen LogP contribution < -0.4 is 4.74 Å². The molecule has 2 aromatic carbocycles. The molecule has 1 aliphatic heterocycles. The van der Waals surface area contributed by atoms with Gasteiger partial charge >= 0.3 is 0 Å². The van der Waals surface area contributed by atoms with Crippen LogP contribution in [0.5, 0.6) is 5.75 Å². The molecule has 2 atom stereocenters. The average molecular weight is 349 g/mol. The zero-order valence-corrected chi connectivity index (χ0v) is 16.2. The van der Waals surface area contributed by atoms with Gasteiger partial charge in [-0.15, -0.1) is 0 Å². The molecule has 26 heavy (non-hydrogen) atoms. The van der Waals surface area contributed by atoms with E-state index in [1.807, 2.05) is 24.3 Å². The molecule has 0 aromatic heterocycles. The van der Waals surface area contributed by atoms with Gasteiger partial charge in [0.1, 0.15) is 5.75 Å². The SMILES string of the molecule is COc1ccccc1C1C(c2ccc(C#N)cc2)CC(C)(C)OC1(C)C. The number of benzene rings is 2. The van der Waals surface area contributed by atoms with Crippen molar-refractivity contribution in [3.05, 3.63) is 65.2 Å². The third kappa shape index (κ3) is 3.48. The van der Waals surface area contributed by atoms with Crippen molar-refractivity contribution in [3.8, 4) is 11.8 Å². The van der Waals surface area contributed by atoms with Crippen molar-refractivity contribution in [2.45, 2.75) is 57.2 Å². The fourth-order valence-corrected chi connectivity index (χ4v) is 4.58. The summed E-state index contributed by atoms with van der Waals surface area (Å²) < 4.78 is 12.2. The molecule has 1 saturated heterocycles. The number of rotatable bonds is 3. The van der Waals surface area contributed by atoms with E-state index in [2.05, 4.69) is 58.0 Å². The molecular weight excluding hydrogens is 322 g/mol. The lowest BCUT2D eigenvalue weighted by Gasteiger charge is -2.51. The Labute approximate surface area is 156 Å². The summed E-state index contributed by atoms with van der Waals surface area (Å²) in [5, 5.41) is 9.12. The lowest BCUT2D eigenvalue weighted by atomic mass is 9.66. The van der Waals surface area contributed by atoms with E-state index in [4.69, 9.17) is 14.7 Å². The molecular formula is C23H27NO2. The number of nitriles is 1. The molecule has 0 aliphatic carbocycles. The summed E-state index contributed by atoms with van der Waals surface area (Å²) in [6.07, 6.45) is 0.908. The van der Waals surface area contributed by atoms with Crippen molar-refractivity contribution in [3.63, 3.8) is 0 Å². The molecule has 2 unspecified atom stereocenters. The van der Waals surface area contributed by atoms with E-state index in [0.29, 0.717) is 5.56 Å². The number of para-hydroxylation sites is 1. The maximum absolute atomic E-state index is 9.12. The van der Waals surface area contributed by atoms with Gasteiger partial charge in [-0.05, 0) is 63.8 Å². The normalized spacial score (nSPS) is 23.8. The van der Waals surface area contributed by atoms with Gasteiger partial charge in [-0.25, -0.2) is 0 Å². The number of hydrogen-bond donors (Lipinski definition) is 0. The minimum Gasteiger partial charge on any atom is -0.496 e. The molecule has 0 N–H and O–H groups in total. The van der Waals surface area contributed by atoms with E-state index in [9.17, 15) is 0 Å². The van der Waals surface area contributed by atoms with Gasteiger partial charge in [0.25, 0.3) is 0 Å². The van der Waals surface area contributed by atoms with Crippen LogP contribution in [0.15, 0.2) is 48.5 Å². The smallest absolute Gasteiger partial charge is 0.122 e. The maximum atomic E-state index is 9.12. The van der Waals surface area contributed by atoms with Gasteiger partial charge in [0.2, 0.25) is 0 Å². The van der Waals surface area contributed by atoms with Crippen LogP contribution in [-0.2, 0) is 4.74 Å². The van der Waals surface area contributed by atoms with Gasteiger partial charge in [0.05, 0.1) is 29.9 Å². The molecule has 3 rings (SSSR count). The molecule has 1 aliphatic rings. The Bertz CT molecular complexity index is 815. The quantitative estimate of drug-likeness (QED) is 0.744. The largest absolute Gasteiger partial charge is 0.496 e. The fourth-order valence-electron chi connectivity index (χ4n) is 4.58. The van der Waals surface area contributed by atoms with E-state index >= 15 is 0 Å². The molecule has 2 aromatic rings. The van der Waals surface area contributed by atoms with Crippen molar-refractivity contribution < 1.29 is 9.47 Å². The molecule has 0 bridgehead atoms. The predicted octanol–water partition coefficient (Wildman–Crippen LogP) is 5.41. The summed E-state index contributed by atoms with van der Waals surface area (Å²) in [5.41, 5.74) is 2.53. The lowest BCUT2D eigenvalue weighted by molar-refractivity contribution is -0.174. The van der Waals surface area contributed by atoms with Gasteiger partial charge in [0.15, 0.2) is 0 Å². The summed E-state index contributed by atoms with van der Waals surface area (Å²) in [4.78, 5) is 0. The minimum absolute atomic E-state index is 0.152. The first kappa shape index (κ1) is 18.5. The first-order valence-corrected chi connectivity index (χ1v) is 9.10. The maximum Gasteiger partial charge on any atom is 0.122 e. The Morgan fingerprint density at radius 1 is 1.04 bits per heavy atom. The van der Waals surface area contributed by atoms with Crippen molar-refractivity contribution in [1.82, 2.24) is 0 Å². The Morgan fingerprint density at radius 2 is 1.69 bits per heavy atom. The highest BCUT2D eigenvalue weighted by Crippen LogP contribution is 2.54. The van der Waals surface area contributed by atoms with Crippen LogP contribution in [0.2, 0.25) is 0 Å². The van der Waals surface area contributed by atoms with Gasteiger partial charge < -0.3 is 9.47 Å². The van der Waals surface area contributed by atoms with E-state index < -0.39 is 0 Å². The van der Waals surface area contributed by atoms with E-state index in [1.54, 1.807) is 7.11 Å². The van der Waals surface area contributed by atoms with Crippen molar-refractivity contribution in [2.75, 3.05) is 7.11 Å². The highest BCUT2D eigenvalue weighted by Gasteiger charge is 2.49. The zero-order valence-electron chi connectivity index (χ0n) is 16.2. The highest BCUT2D eigenvalue weighted by molar-refractivity contribution is 5.43. The van der Waals surface area contributed by atoms with Crippen molar-refractivity contribution in [1.29, 1.82) is 5.26 Å². The molecule has 0 spiro atoms. The molecule has 0 saturated carbocycles. The highest BCUT2D eigenvalue weighted by atomic mass is 16.5. The number of ether oxygens (including phenoxy) is 2.